The number of thioether (sulfide) groups is 1. The minimum absolute atomic E-state index is 0.0267. The molecule has 4 nitrogen and oxygen atoms in total. The van der Waals surface area contributed by atoms with Gasteiger partial charge in [-0.25, -0.2) is 8.78 Å². The highest BCUT2D eigenvalue weighted by Crippen LogP contribution is 2.23. The van der Waals surface area contributed by atoms with Crippen LogP contribution >= 0.6 is 11.8 Å². The number of amides is 2. The lowest BCUT2D eigenvalue weighted by Crippen LogP contribution is -2.25. The monoisotopic (exact) mass is 362 g/mol. The van der Waals surface area contributed by atoms with Crippen molar-refractivity contribution in [1.82, 2.24) is 5.32 Å². The Kier molecular flexibility index (Phi) is 5.33. The second-order valence-electron chi connectivity index (χ2n) is 5.74. The molecular formula is C18H16F2N2O2S. The highest BCUT2D eigenvalue weighted by molar-refractivity contribution is 8.00. The molecular weight excluding hydrogens is 346 g/mol. The molecule has 2 N–H and O–H groups in total. The van der Waals surface area contributed by atoms with Gasteiger partial charge in [0, 0.05) is 28.3 Å². The Labute approximate surface area is 148 Å². The summed E-state index contributed by atoms with van der Waals surface area (Å²) in [6.07, 6.45) is 2.00. The molecule has 0 unspecified atom stereocenters. The zero-order valence-corrected chi connectivity index (χ0v) is 14.0. The van der Waals surface area contributed by atoms with E-state index in [0.717, 1.165) is 36.7 Å². The van der Waals surface area contributed by atoms with Gasteiger partial charge in [0.25, 0.3) is 5.91 Å². The Morgan fingerprint density at radius 2 is 1.92 bits per heavy atom. The molecule has 1 fully saturated rings. The van der Waals surface area contributed by atoms with Crippen LogP contribution in [0.1, 0.15) is 23.2 Å². The lowest BCUT2D eigenvalue weighted by molar-refractivity contribution is -0.113. The highest BCUT2D eigenvalue weighted by atomic mass is 32.2. The number of rotatable bonds is 6. The molecule has 2 amide bonds. The molecule has 2 aromatic rings. The van der Waals surface area contributed by atoms with Crippen LogP contribution in [0.5, 0.6) is 0 Å². The highest BCUT2D eigenvalue weighted by Gasteiger charge is 2.23. The van der Waals surface area contributed by atoms with E-state index in [1.807, 2.05) is 0 Å². The fraction of sp³-hybridized carbons (Fsp3) is 0.222. The smallest absolute Gasteiger partial charge is 0.251 e. The molecule has 0 saturated heterocycles. The van der Waals surface area contributed by atoms with Gasteiger partial charge in [-0.2, -0.15) is 0 Å². The molecule has 3 rings (SSSR count). The summed E-state index contributed by atoms with van der Waals surface area (Å²) in [5, 5.41) is 5.55. The van der Waals surface area contributed by atoms with Gasteiger partial charge in [0.05, 0.1) is 5.75 Å². The first-order valence-corrected chi connectivity index (χ1v) is 8.78. The second kappa shape index (κ2) is 7.65. The summed E-state index contributed by atoms with van der Waals surface area (Å²) in [5.41, 5.74) is 0.968. The van der Waals surface area contributed by atoms with Gasteiger partial charge in [-0.15, -0.1) is 11.8 Å². The van der Waals surface area contributed by atoms with Crippen LogP contribution in [0.2, 0.25) is 0 Å². The summed E-state index contributed by atoms with van der Waals surface area (Å²) in [5.74, 6) is -1.89. The largest absolute Gasteiger partial charge is 0.349 e. The Balaban J connectivity index is 1.56. The van der Waals surface area contributed by atoms with E-state index >= 15 is 0 Å². The van der Waals surface area contributed by atoms with Crippen molar-refractivity contribution in [3.05, 3.63) is 59.7 Å². The molecule has 25 heavy (non-hydrogen) atoms. The molecule has 0 atom stereocenters. The first kappa shape index (κ1) is 17.4. The van der Waals surface area contributed by atoms with E-state index in [2.05, 4.69) is 10.6 Å². The van der Waals surface area contributed by atoms with E-state index in [-0.39, 0.29) is 28.5 Å². The number of carbonyl (C=O) groups excluding carboxylic acids is 2. The molecule has 7 heteroatoms. The molecule has 0 bridgehead atoms. The van der Waals surface area contributed by atoms with Gasteiger partial charge >= 0.3 is 0 Å². The molecule has 130 valence electrons. The van der Waals surface area contributed by atoms with Gasteiger partial charge in [-0.3, -0.25) is 9.59 Å². The van der Waals surface area contributed by atoms with Crippen LogP contribution < -0.4 is 10.6 Å². The molecule has 0 heterocycles. The van der Waals surface area contributed by atoms with Crippen molar-refractivity contribution in [3.8, 4) is 0 Å². The second-order valence-corrected chi connectivity index (χ2v) is 6.76. The van der Waals surface area contributed by atoms with Crippen LogP contribution in [0, 0.1) is 11.6 Å². The van der Waals surface area contributed by atoms with E-state index in [9.17, 15) is 18.4 Å². The number of halogens is 2. The first-order chi connectivity index (χ1) is 12.0. The van der Waals surface area contributed by atoms with Crippen LogP contribution in [-0.4, -0.2) is 23.6 Å². The SMILES string of the molecule is O=C(CSc1ccc(F)cc1F)Nc1cccc(C(=O)NC2CC2)c1. The van der Waals surface area contributed by atoms with Crippen molar-refractivity contribution in [1.29, 1.82) is 0 Å². The van der Waals surface area contributed by atoms with Gasteiger partial charge in [-0.1, -0.05) is 6.07 Å². The minimum atomic E-state index is -0.698. The van der Waals surface area contributed by atoms with Crippen molar-refractivity contribution < 1.29 is 18.4 Å². The van der Waals surface area contributed by atoms with E-state index in [1.165, 1.54) is 6.07 Å². The van der Waals surface area contributed by atoms with Crippen molar-refractivity contribution in [2.24, 2.45) is 0 Å². The van der Waals surface area contributed by atoms with E-state index in [4.69, 9.17) is 0 Å². The first-order valence-electron chi connectivity index (χ1n) is 7.80. The summed E-state index contributed by atoms with van der Waals surface area (Å²) in [6.45, 7) is 0. The van der Waals surface area contributed by atoms with Gasteiger partial charge in [0.1, 0.15) is 11.6 Å². The number of hydrogen-bond donors (Lipinski definition) is 2. The van der Waals surface area contributed by atoms with Crippen molar-refractivity contribution >= 4 is 29.3 Å². The number of anilines is 1. The molecule has 1 aliphatic carbocycles. The third-order valence-corrected chi connectivity index (χ3v) is 4.62. The Bertz CT molecular complexity index is 809. The van der Waals surface area contributed by atoms with Crippen LogP contribution in [0.4, 0.5) is 14.5 Å². The topological polar surface area (TPSA) is 58.2 Å². The summed E-state index contributed by atoms with van der Waals surface area (Å²) >= 11 is 0.977. The van der Waals surface area contributed by atoms with E-state index < -0.39 is 11.6 Å². The number of nitrogens with one attached hydrogen (secondary N) is 2. The maximum Gasteiger partial charge on any atom is 0.251 e. The normalized spacial score (nSPS) is 13.4. The number of hydrogen-bond acceptors (Lipinski definition) is 3. The minimum Gasteiger partial charge on any atom is -0.349 e. The molecule has 0 radical (unpaired) electrons. The van der Waals surface area contributed by atoms with Crippen molar-refractivity contribution in [2.75, 3.05) is 11.1 Å². The average Bonchev–Trinajstić information content (AvgIpc) is 3.38. The molecule has 1 aliphatic rings. The number of carbonyl (C=O) groups is 2. The summed E-state index contributed by atoms with van der Waals surface area (Å²) < 4.78 is 26.4. The number of benzene rings is 2. The molecule has 1 saturated carbocycles. The van der Waals surface area contributed by atoms with Crippen LogP contribution in [0.3, 0.4) is 0 Å². The Morgan fingerprint density at radius 3 is 2.64 bits per heavy atom. The fourth-order valence-corrected chi connectivity index (χ4v) is 2.89. The van der Waals surface area contributed by atoms with Gasteiger partial charge in [-0.05, 0) is 43.2 Å². The van der Waals surface area contributed by atoms with Crippen molar-refractivity contribution in [2.45, 2.75) is 23.8 Å². The molecule has 0 spiro atoms. The summed E-state index contributed by atoms with van der Waals surface area (Å²) in [7, 11) is 0. The van der Waals surface area contributed by atoms with Crippen molar-refractivity contribution in [3.63, 3.8) is 0 Å². The predicted octanol–water partition coefficient (Wildman–Crippen LogP) is 3.59. The molecule has 2 aromatic carbocycles. The Hall–Kier alpha value is -2.41. The summed E-state index contributed by atoms with van der Waals surface area (Å²) in [6, 6.07) is 10.1. The van der Waals surface area contributed by atoms with Crippen LogP contribution in [0.25, 0.3) is 0 Å². The standard InChI is InChI=1S/C18H16F2N2O2S/c19-12-4-7-16(15(20)9-12)25-10-17(23)21-14-3-1-2-11(8-14)18(24)22-13-5-6-13/h1-4,7-9,13H,5-6,10H2,(H,21,23)(H,22,24). The quantitative estimate of drug-likeness (QED) is 0.772. The van der Waals surface area contributed by atoms with Crippen LogP contribution in [0.15, 0.2) is 47.4 Å². The van der Waals surface area contributed by atoms with Gasteiger partial charge < -0.3 is 10.6 Å². The third-order valence-electron chi connectivity index (χ3n) is 3.57. The zero-order chi connectivity index (χ0) is 17.8. The predicted molar refractivity (Wildman–Crippen MR) is 92.6 cm³/mol. The average molecular weight is 362 g/mol. The molecule has 0 aliphatic heterocycles. The van der Waals surface area contributed by atoms with Gasteiger partial charge in [0.2, 0.25) is 5.91 Å². The maximum atomic E-state index is 13.5. The third kappa shape index (κ3) is 5.03. The Morgan fingerprint density at radius 1 is 1.12 bits per heavy atom. The zero-order valence-electron chi connectivity index (χ0n) is 13.2. The lowest BCUT2D eigenvalue weighted by atomic mass is 10.2. The summed E-state index contributed by atoms with van der Waals surface area (Å²) in [4.78, 5) is 24.2. The maximum absolute atomic E-state index is 13.5. The van der Waals surface area contributed by atoms with E-state index in [0.29, 0.717) is 11.3 Å². The fourth-order valence-electron chi connectivity index (χ4n) is 2.17. The van der Waals surface area contributed by atoms with Gasteiger partial charge in [0.15, 0.2) is 0 Å². The molecule has 0 aromatic heterocycles. The lowest BCUT2D eigenvalue weighted by Gasteiger charge is -2.08. The van der Waals surface area contributed by atoms with E-state index in [1.54, 1.807) is 24.3 Å². The van der Waals surface area contributed by atoms with Crippen LogP contribution in [-0.2, 0) is 4.79 Å².